The SMILES string of the molecule is C/C=C(C#N)\C(C)=C/CC.CC. The third kappa shape index (κ3) is 5.73. The average Bonchev–Trinajstić information content (AvgIpc) is 2.11. The second kappa shape index (κ2) is 9.97. The molecule has 12 heavy (non-hydrogen) atoms. The van der Waals surface area contributed by atoms with Crippen LogP contribution in [-0.2, 0) is 0 Å². The van der Waals surface area contributed by atoms with Gasteiger partial charge < -0.3 is 0 Å². The van der Waals surface area contributed by atoms with Crippen LogP contribution < -0.4 is 0 Å². The van der Waals surface area contributed by atoms with Crippen molar-refractivity contribution >= 4 is 0 Å². The summed E-state index contributed by atoms with van der Waals surface area (Å²) in [4.78, 5) is 0. The summed E-state index contributed by atoms with van der Waals surface area (Å²) in [6.45, 7) is 9.90. The van der Waals surface area contributed by atoms with Crippen LogP contribution in [0.5, 0.6) is 0 Å². The molecule has 0 aromatic carbocycles. The number of hydrogen-bond acceptors (Lipinski definition) is 1. The maximum absolute atomic E-state index is 8.56. The van der Waals surface area contributed by atoms with E-state index >= 15 is 0 Å². The lowest BCUT2D eigenvalue weighted by molar-refractivity contribution is 1.18. The smallest absolute Gasteiger partial charge is 0.0990 e. The molecule has 0 radical (unpaired) electrons. The van der Waals surface area contributed by atoms with Crippen molar-refractivity contribution in [2.75, 3.05) is 0 Å². The molecule has 0 saturated heterocycles. The number of nitriles is 1. The molecule has 0 aliphatic rings. The third-order valence-electron chi connectivity index (χ3n) is 1.34. The van der Waals surface area contributed by atoms with E-state index in [2.05, 4.69) is 19.1 Å². The largest absolute Gasteiger partial charge is 0.192 e. The summed E-state index contributed by atoms with van der Waals surface area (Å²) in [6.07, 6.45) is 4.88. The number of rotatable bonds is 2. The first kappa shape index (κ1) is 13.6. The predicted molar refractivity (Wildman–Crippen MR) is 54.8 cm³/mol. The highest BCUT2D eigenvalue weighted by molar-refractivity contribution is 5.39. The molecule has 0 unspecified atom stereocenters. The average molecular weight is 165 g/mol. The van der Waals surface area contributed by atoms with Gasteiger partial charge in [0.25, 0.3) is 0 Å². The second-order valence-corrected chi connectivity index (χ2v) is 2.11. The Balaban J connectivity index is 0. The van der Waals surface area contributed by atoms with Crippen molar-refractivity contribution in [3.8, 4) is 6.07 Å². The molecule has 0 aromatic rings. The summed E-state index contributed by atoms with van der Waals surface area (Å²) < 4.78 is 0. The molecule has 0 amide bonds. The zero-order valence-corrected chi connectivity index (χ0v) is 8.81. The normalized spacial score (nSPS) is 11.3. The van der Waals surface area contributed by atoms with Gasteiger partial charge in [0.1, 0.15) is 0 Å². The van der Waals surface area contributed by atoms with E-state index in [0.29, 0.717) is 0 Å². The van der Waals surface area contributed by atoms with E-state index in [9.17, 15) is 0 Å². The van der Waals surface area contributed by atoms with Gasteiger partial charge in [-0.05, 0) is 25.8 Å². The van der Waals surface area contributed by atoms with Gasteiger partial charge in [-0.25, -0.2) is 0 Å². The minimum absolute atomic E-state index is 0.779. The highest BCUT2D eigenvalue weighted by Crippen LogP contribution is 2.07. The van der Waals surface area contributed by atoms with E-state index in [0.717, 1.165) is 17.6 Å². The summed E-state index contributed by atoms with van der Waals surface area (Å²) in [5.74, 6) is 0. The molecule has 0 atom stereocenters. The molecule has 1 heteroatoms. The molecule has 0 aromatic heterocycles. The highest BCUT2D eigenvalue weighted by atomic mass is 14.2. The Bertz CT molecular complexity index is 192. The first-order chi connectivity index (χ1) is 5.76. The highest BCUT2D eigenvalue weighted by Gasteiger charge is 1.93. The molecular weight excluding hydrogens is 146 g/mol. The van der Waals surface area contributed by atoms with Crippen LogP contribution in [0.2, 0.25) is 0 Å². The van der Waals surface area contributed by atoms with Crippen LogP contribution in [-0.4, -0.2) is 0 Å². The fourth-order valence-corrected chi connectivity index (χ4v) is 0.797. The summed E-state index contributed by atoms with van der Waals surface area (Å²) in [5.41, 5.74) is 1.86. The van der Waals surface area contributed by atoms with Crippen LogP contribution in [0.15, 0.2) is 23.3 Å². The lowest BCUT2D eigenvalue weighted by Gasteiger charge is -1.94. The van der Waals surface area contributed by atoms with Gasteiger partial charge in [-0.15, -0.1) is 0 Å². The van der Waals surface area contributed by atoms with Crippen LogP contribution in [0.1, 0.15) is 41.0 Å². The van der Waals surface area contributed by atoms with Crippen LogP contribution in [0, 0.1) is 11.3 Å². The van der Waals surface area contributed by atoms with Gasteiger partial charge >= 0.3 is 0 Å². The maximum atomic E-state index is 8.56. The van der Waals surface area contributed by atoms with Gasteiger partial charge in [0.2, 0.25) is 0 Å². The monoisotopic (exact) mass is 165 g/mol. The Morgan fingerprint density at radius 2 is 1.92 bits per heavy atom. The fourth-order valence-electron chi connectivity index (χ4n) is 0.797. The van der Waals surface area contributed by atoms with E-state index in [-0.39, 0.29) is 0 Å². The summed E-state index contributed by atoms with van der Waals surface area (Å²) in [5, 5.41) is 8.56. The molecular formula is C11H19N. The molecule has 0 spiro atoms. The number of hydrogen-bond donors (Lipinski definition) is 0. The lowest BCUT2D eigenvalue weighted by atomic mass is 10.1. The maximum Gasteiger partial charge on any atom is 0.0990 e. The van der Waals surface area contributed by atoms with Crippen LogP contribution in [0.4, 0.5) is 0 Å². The number of allylic oxidation sites excluding steroid dienone is 4. The fraction of sp³-hybridized carbons (Fsp3) is 0.545. The quantitative estimate of drug-likeness (QED) is 0.450. The minimum Gasteiger partial charge on any atom is -0.192 e. The molecule has 0 N–H and O–H groups in total. The van der Waals surface area contributed by atoms with Crippen molar-refractivity contribution in [2.45, 2.75) is 41.0 Å². The minimum atomic E-state index is 0.779. The van der Waals surface area contributed by atoms with E-state index in [1.54, 1.807) is 0 Å². The van der Waals surface area contributed by atoms with Crippen molar-refractivity contribution in [3.05, 3.63) is 23.3 Å². The van der Waals surface area contributed by atoms with Crippen molar-refractivity contribution in [2.24, 2.45) is 0 Å². The van der Waals surface area contributed by atoms with Crippen LogP contribution >= 0.6 is 0 Å². The lowest BCUT2D eigenvalue weighted by Crippen LogP contribution is -1.79. The zero-order valence-electron chi connectivity index (χ0n) is 8.81. The molecule has 0 saturated carbocycles. The van der Waals surface area contributed by atoms with Crippen LogP contribution in [0.25, 0.3) is 0 Å². The molecule has 0 bridgehead atoms. The molecule has 0 aliphatic heterocycles. The molecule has 1 nitrogen and oxygen atoms in total. The van der Waals surface area contributed by atoms with Gasteiger partial charge in [0.05, 0.1) is 11.6 Å². The van der Waals surface area contributed by atoms with Crippen LogP contribution in [0.3, 0.4) is 0 Å². The summed E-state index contributed by atoms with van der Waals surface area (Å²) in [7, 11) is 0. The molecule has 0 fully saturated rings. The summed E-state index contributed by atoms with van der Waals surface area (Å²) in [6, 6.07) is 2.13. The Morgan fingerprint density at radius 3 is 2.17 bits per heavy atom. The predicted octanol–water partition coefficient (Wildman–Crippen LogP) is 3.84. The molecule has 68 valence electrons. The Hall–Kier alpha value is -1.03. The standard InChI is InChI=1S/C9H13N.C2H6/c1-4-6-8(3)9(5-2)7-10;1-2/h5-6H,4H2,1-3H3;1-2H3/b8-6-,9-5-;. The van der Waals surface area contributed by atoms with E-state index < -0.39 is 0 Å². The van der Waals surface area contributed by atoms with Gasteiger partial charge in [-0.1, -0.05) is 32.9 Å². The van der Waals surface area contributed by atoms with Crippen molar-refractivity contribution in [1.29, 1.82) is 5.26 Å². The third-order valence-corrected chi connectivity index (χ3v) is 1.34. The summed E-state index contributed by atoms with van der Waals surface area (Å²) >= 11 is 0. The molecule has 0 heterocycles. The van der Waals surface area contributed by atoms with Gasteiger partial charge in [0, 0.05) is 0 Å². The first-order valence-corrected chi connectivity index (χ1v) is 4.49. The van der Waals surface area contributed by atoms with Crippen molar-refractivity contribution < 1.29 is 0 Å². The van der Waals surface area contributed by atoms with Gasteiger partial charge in [0.15, 0.2) is 0 Å². The van der Waals surface area contributed by atoms with Gasteiger partial charge in [-0.2, -0.15) is 5.26 Å². The first-order valence-electron chi connectivity index (χ1n) is 4.49. The van der Waals surface area contributed by atoms with E-state index in [1.165, 1.54) is 0 Å². The second-order valence-electron chi connectivity index (χ2n) is 2.11. The van der Waals surface area contributed by atoms with E-state index in [1.807, 2.05) is 33.8 Å². The topological polar surface area (TPSA) is 23.8 Å². The van der Waals surface area contributed by atoms with Crippen molar-refractivity contribution in [3.63, 3.8) is 0 Å². The molecule has 0 rings (SSSR count). The Morgan fingerprint density at radius 1 is 1.42 bits per heavy atom. The Labute approximate surface area is 76.4 Å². The Kier molecular flexibility index (Phi) is 11.3. The number of nitrogens with zero attached hydrogens (tertiary/aromatic N) is 1. The zero-order chi connectivity index (χ0) is 9.98. The van der Waals surface area contributed by atoms with E-state index in [4.69, 9.17) is 5.26 Å². The molecule has 0 aliphatic carbocycles. The van der Waals surface area contributed by atoms with Gasteiger partial charge in [-0.3, -0.25) is 0 Å². The van der Waals surface area contributed by atoms with Crippen molar-refractivity contribution in [1.82, 2.24) is 0 Å².